The molecule has 4 rings (SSSR count). The molecular weight excluding hydrogens is 404 g/mol. The lowest BCUT2D eigenvalue weighted by Crippen LogP contribution is -2.06. The second kappa shape index (κ2) is 9.52. The van der Waals surface area contributed by atoms with Gasteiger partial charge in [-0.1, -0.05) is 66.7 Å². The van der Waals surface area contributed by atoms with Crippen molar-refractivity contribution in [2.45, 2.75) is 18.9 Å². The van der Waals surface area contributed by atoms with E-state index in [0.29, 0.717) is 11.3 Å². The van der Waals surface area contributed by atoms with Crippen LogP contribution in [0.5, 0.6) is 5.75 Å². The Morgan fingerprint density at radius 1 is 1.00 bits per heavy atom. The maximum atomic E-state index is 12.7. The van der Waals surface area contributed by atoms with Crippen LogP contribution in [0, 0.1) is 5.92 Å². The van der Waals surface area contributed by atoms with Crippen molar-refractivity contribution >= 4 is 17.3 Å². The van der Waals surface area contributed by atoms with Crippen LogP contribution in [0.15, 0.2) is 85.1 Å². The van der Waals surface area contributed by atoms with E-state index in [9.17, 15) is 14.7 Å². The van der Waals surface area contributed by atoms with Crippen LogP contribution in [-0.2, 0) is 16.1 Å². The van der Waals surface area contributed by atoms with Crippen LogP contribution in [0.1, 0.15) is 39.4 Å². The first kappa shape index (κ1) is 21.4. The molecule has 2 atom stereocenters. The Hall–Kier alpha value is -3.86. The molecule has 0 spiro atoms. The highest BCUT2D eigenvalue weighted by Crippen LogP contribution is 2.49. The van der Waals surface area contributed by atoms with Gasteiger partial charge in [-0.25, -0.2) is 4.79 Å². The van der Waals surface area contributed by atoms with Crippen molar-refractivity contribution in [3.63, 3.8) is 0 Å². The minimum Gasteiger partial charge on any atom is -0.503 e. The molecule has 0 heterocycles. The smallest absolute Gasteiger partial charge is 0.339 e. The van der Waals surface area contributed by atoms with Crippen LogP contribution in [0.4, 0.5) is 0 Å². The molecule has 1 aliphatic rings. The van der Waals surface area contributed by atoms with E-state index in [4.69, 9.17) is 9.47 Å². The number of carboxylic acids is 1. The second-order valence-electron chi connectivity index (χ2n) is 7.77. The van der Waals surface area contributed by atoms with Gasteiger partial charge < -0.3 is 14.6 Å². The molecule has 1 aliphatic carbocycles. The van der Waals surface area contributed by atoms with Crippen LogP contribution >= 0.6 is 0 Å². The summed E-state index contributed by atoms with van der Waals surface area (Å²) < 4.78 is 10.9. The molecule has 0 aliphatic heterocycles. The number of Topliss-reactive ketones (excluding diaryl/α,β-unsaturated/α-hetero) is 1. The Kier molecular flexibility index (Phi) is 6.36. The van der Waals surface area contributed by atoms with E-state index in [2.05, 4.69) is 0 Å². The van der Waals surface area contributed by atoms with E-state index >= 15 is 0 Å². The normalized spacial score (nSPS) is 17.5. The number of benzene rings is 3. The van der Waals surface area contributed by atoms with Crippen LogP contribution in [0.25, 0.3) is 5.57 Å². The Labute approximate surface area is 186 Å². The van der Waals surface area contributed by atoms with E-state index in [-0.39, 0.29) is 29.8 Å². The fraction of sp³-hybridized carbons (Fsp3) is 0.185. The topological polar surface area (TPSA) is 72.8 Å². The van der Waals surface area contributed by atoms with E-state index in [1.165, 1.54) is 13.4 Å². The Morgan fingerprint density at radius 3 is 2.50 bits per heavy atom. The van der Waals surface area contributed by atoms with Crippen LogP contribution in [-0.4, -0.2) is 24.0 Å². The number of hydrogen-bond acceptors (Lipinski definition) is 4. The largest absolute Gasteiger partial charge is 0.503 e. The SMILES string of the molecule is CO/C=C(/C(=O)O)c1ccccc1COc1cccc([C@@H]2C[C@H]2C(=O)c2ccccc2)c1. The van der Waals surface area contributed by atoms with Crippen molar-refractivity contribution < 1.29 is 24.2 Å². The van der Waals surface area contributed by atoms with Gasteiger partial charge in [-0.2, -0.15) is 0 Å². The highest BCUT2D eigenvalue weighted by Gasteiger charge is 2.44. The van der Waals surface area contributed by atoms with Crippen molar-refractivity contribution in [3.05, 3.63) is 107 Å². The third kappa shape index (κ3) is 4.72. The number of rotatable bonds is 9. The summed E-state index contributed by atoms with van der Waals surface area (Å²) in [5.74, 6) is 0.00122. The third-order valence-corrected chi connectivity index (χ3v) is 5.64. The van der Waals surface area contributed by atoms with Crippen LogP contribution in [0.2, 0.25) is 0 Å². The fourth-order valence-electron chi connectivity index (χ4n) is 3.92. The number of ketones is 1. The maximum Gasteiger partial charge on any atom is 0.339 e. The van der Waals surface area contributed by atoms with Crippen molar-refractivity contribution in [2.75, 3.05) is 7.11 Å². The summed E-state index contributed by atoms with van der Waals surface area (Å²) in [7, 11) is 1.42. The number of aliphatic carboxylic acids is 1. The minimum absolute atomic E-state index is 0.00526. The van der Waals surface area contributed by atoms with Gasteiger partial charge in [0.15, 0.2) is 5.78 Å². The van der Waals surface area contributed by atoms with Crippen LogP contribution in [0.3, 0.4) is 0 Å². The zero-order valence-electron chi connectivity index (χ0n) is 17.7. The van der Waals surface area contributed by atoms with Gasteiger partial charge in [0.2, 0.25) is 0 Å². The van der Waals surface area contributed by atoms with E-state index in [1.54, 1.807) is 12.1 Å². The maximum absolute atomic E-state index is 12.7. The minimum atomic E-state index is -1.07. The molecule has 3 aromatic carbocycles. The molecule has 5 nitrogen and oxygen atoms in total. The molecule has 32 heavy (non-hydrogen) atoms. The Bertz CT molecular complexity index is 1150. The summed E-state index contributed by atoms with van der Waals surface area (Å²) in [4.78, 5) is 24.3. The summed E-state index contributed by atoms with van der Waals surface area (Å²) in [5, 5.41) is 9.51. The molecule has 5 heteroatoms. The van der Waals surface area contributed by atoms with Gasteiger partial charge in [0.1, 0.15) is 17.9 Å². The van der Waals surface area contributed by atoms with E-state index < -0.39 is 5.97 Å². The van der Waals surface area contributed by atoms with Crippen molar-refractivity contribution in [2.24, 2.45) is 5.92 Å². The predicted octanol–water partition coefficient (Wildman–Crippen LogP) is 5.32. The summed E-state index contributed by atoms with van der Waals surface area (Å²) in [5.41, 5.74) is 3.19. The second-order valence-corrected chi connectivity index (χ2v) is 7.77. The Morgan fingerprint density at radius 2 is 1.75 bits per heavy atom. The number of carboxylic acid groups (broad SMARTS) is 1. The zero-order valence-corrected chi connectivity index (χ0v) is 17.7. The van der Waals surface area contributed by atoms with Gasteiger partial charge >= 0.3 is 5.97 Å². The van der Waals surface area contributed by atoms with Gasteiger partial charge in [0.05, 0.1) is 13.4 Å². The predicted molar refractivity (Wildman–Crippen MR) is 121 cm³/mol. The summed E-state index contributed by atoms with van der Waals surface area (Å²) in [6.07, 6.45) is 2.06. The standard InChI is InChI=1S/C27H24O5/c1-31-17-25(27(29)30)22-13-6-5-10-20(22)16-32-21-12-7-11-19(14-21)23-15-24(23)26(28)18-8-3-2-4-9-18/h2-14,17,23-24H,15-16H2,1H3,(H,29,30)/b25-17+/t23-,24+/m0/s1. The highest BCUT2D eigenvalue weighted by molar-refractivity contribution is 6.15. The van der Waals surface area contributed by atoms with Gasteiger partial charge in [-0.05, 0) is 41.2 Å². The number of ether oxygens (including phenoxy) is 2. The molecule has 1 saturated carbocycles. The first-order valence-electron chi connectivity index (χ1n) is 10.4. The van der Waals surface area contributed by atoms with Crippen molar-refractivity contribution in [1.29, 1.82) is 0 Å². The number of carbonyl (C=O) groups is 2. The average molecular weight is 428 g/mol. The summed E-state index contributed by atoms with van der Waals surface area (Å²) >= 11 is 0. The van der Waals surface area contributed by atoms with Gasteiger partial charge in [0.25, 0.3) is 0 Å². The molecule has 0 amide bonds. The first-order valence-corrected chi connectivity index (χ1v) is 10.4. The molecule has 0 unspecified atom stereocenters. The lowest BCUT2D eigenvalue weighted by molar-refractivity contribution is -0.130. The third-order valence-electron chi connectivity index (χ3n) is 5.64. The van der Waals surface area contributed by atoms with E-state index in [0.717, 1.165) is 23.1 Å². The fourth-order valence-corrected chi connectivity index (χ4v) is 3.92. The highest BCUT2D eigenvalue weighted by atomic mass is 16.5. The summed E-state index contributed by atoms with van der Waals surface area (Å²) in [6, 6.07) is 24.4. The van der Waals surface area contributed by atoms with Gasteiger partial charge in [0, 0.05) is 11.5 Å². The molecule has 1 N–H and O–H groups in total. The van der Waals surface area contributed by atoms with Crippen molar-refractivity contribution in [1.82, 2.24) is 0 Å². The summed E-state index contributed by atoms with van der Waals surface area (Å²) in [6.45, 7) is 0.213. The monoisotopic (exact) mass is 428 g/mol. The molecule has 0 bridgehead atoms. The lowest BCUT2D eigenvalue weighted by atomic mass is 10.0. The van der Waals surface area contributed by atoms with E-state index in [1.807, 2.05) is 66.7 Å². The molecule has 0 saturated heterocycles. The van der Waals surface area contributed by atoms with Crippen LogP contribution < -0.4 is 4.74 Å². The molecule has 0 radical (unpaired) electrons. The Balaban J connectivity index is 1.46. The van der Waals surface area contributed by atoms with Gasteiger partial charge in [-0.15, -0.1) is 0 Å². The zero-order chi connectivity index (χ0) is 22.5. The van der Waals surface area contributed by atoms with Crippen molar-refractivity contribution in [3.8, 4) is 5.75 Å². The molecule has 0 aromatic heterocycles. The molecule has 3 aromatic rings. The first-order chi connectivity index (χ1) is 15.6. The average Bonchev–Trinajstić information content (AvgIpc) is 3.63. The quantitative estimate of drug-likeness (QED) is 0.284. The number of hydrogen-bond donors (Lipinski definition) is 1. The molecule has 1 fully saturated rings. The molecule has 162 valence electrons. The number of carbonyl (C=O) groups excluding carboxylic acids is 1. The lowest BCUT2D eigenvalue weighted by Gasteiger charge is -2.12. The van der Waals surface area contributed by atoms with Gasteiger partial charge in [-0.3, -0.25) is 4.79 Å². The number of methoxy groups -OCH3 is 1. The molecular formula is C27H24O5.